The molecule has 1 N–H and O–H groups in total. The van der Waals surface area contributed by atoms with E-state index < -0.39 is 17.7 Å². The largest absolute Gasteiger partial charge is 0.507 e. The molecule has 180 valence electrons. The SMILES string of the molecule is CCOc1ccc(C2/C(=C(\O)c3cc(C)cc(C)c3OC)C(=O)C(=O)N2c2ccc(Cl)cc2)cc1. The van der Waals surface area contributed by atoms with Gasteiger partial charge in [0.25, 0.3) is 11.7 Å². The van der Waals surface area contributed by atoms with Crippen LogP contribution in [0.2, 0.25) is 5.02 Å². The Morgan fingerprint density at radius 1 is 1.03 bits per heavy atom. The van der Waals surface area contributed by atoms with E-state index in [9.17, 15) is 14.7 Å². The number of aryl methyl sites for hydroxylation is 2. The van der Waals surface area contributed by atoms with E-state index in [1.807, 2.05) is 26.8 Å². The molecule has 35 heavy (non-hydrogen) atoms. The molecule has 0 aromatic heterocycles. The van der Waals surface area contributed by atoms with Gasteiger partial charge in [-0.15, -0.1) is 0 Å². The number of benzene rings is 3. The molecule has 1 aliphatic heterocycles. The van der Waals surface area contributed by atoms with Gasteiger partial charge < -0.3 is 14.6 Å². The highest BCUT2D eigenvalue weighted by Crippen LogP contribution is 2.44. The van der Waals surface area contributed by atoms with Gasteiger partial charge >= 0.3 is 0 Å². The quantitative estimate of drug-likeness (QED) is 0.260. The number of aliphatic hydroxyl groups is 1. The van der Waals surface area contributed by atoms with Crippen LogP contribution in [-0.2, 0) is 9.59 Å². The number of carbonyl (C=O) groups is 2. The Morgan fingerprint density at radius 3 is 2.29 bits per heavy atom. The van der Waals surface area contributed by atoms with E-state index in [0.29, 0.717) is 39.9 Å². The van der Waals surface area contributed by atoms with E-state index in [1.54, 1.807) is 54.6 Å². The molecule has 0 radical (unpaired) electrons. The molecule has 1 saturated heterocycles. The van der Waals surface area contributed by atoms with Crippen molar-refractivity contribution < 1.29 is 24.2 Å². The Bertz CT molecular complexity index is 1310. The number of ether oxygens (including phenoxy) is 2. The molecular formula is C28H26ClNO5. The Balaban J connectivity index is 1.96. The van der Waals surface area contributed by atoms with Crippen molar-refractivity contribution in [1.82, 2.24) is 0 Å². The number of anilines is 1. The lowest BCUT2D eigenvalue weighted by atomic mass is 9.93. The first-order valence-corrected chi connectivity index (χ1v) is 11.6. The summed E-state index contributed by atoms with van der Waals surface area (Å²) in [5.74, 6) is -0.706. The van der Waals surface area contributed by atoms with Gasteiger partial charge in [-0.05, 0) is 79.9 Å². The summed E-state index contributed by atoms with van der Waals surface area (Å²) in [4.78, 5) is 28.1. The molecule has 4 rings (SSSR count). The van der Waals surface area contributed by atoms with E-state index in [2.05, 4.69) is 0 Å². The maximum Gasteiger partial charge on any atom is 0.300 e. The van der Waals surface area contributed by atoms with Crippen molar-refractivity contribution >= 4 is 34.7 Å². The normalized spacial score (nSPS) is 17.1. The van der Waals surface area contributed by atoms with Crippen LogP contribution in [0.3, 0.4) is 0 Å². The average molecular weight is 492 g/mol. The van der Waals surface area contributed by atoms with Crippen LogP contribution in [-0.4, -0.2) is 30.5 Å². The zero-order chi connectivity index (χ0) is 25.3. The predicted octanol–water partition coefficient (Wildman–Crippen LogP) is 5.99. The highest BCUT2D eigenvalue weighted by molar-refractivity contribution is 6.51. The highest BCUT2D eigenvalue weighted by atomic mass is 35.5. The maximum absolute atomic E-state index is 13.4. The molecule has 0 bridgehead atoms. The summed E-state index contributed by atoms with van der Waals surface area (Å²) in [6.45, 7) is 6.15. The first-order chi connectivity index (χ1) is 16.8. The van der Waals surface area contributed by atoms with Crippen molar-refractivity contribution in [3.8, 4) is 11.5 Å². The molecule has 1 atom stereocenters. The van der Waals surface area contributed by atoms with Crippen LogP contribution in [0.1, 0.15) is 35.2 Å². The molecular weight excluding hydrogens is 466 g/mol. The number of nitrogens with zero attached hydrogens (tertiary/aromatic N) is 1. The van der Waals surface area contributed by atoms with E-state index in [-0.39, 0.29) is 11.3 Å². The van der Waals surface area contributed by atoms with Crippen LogP contribution in [0, 0.1) is 13.8 Å². The molecule has 0 saturated carbocycles. The lowest BCUT2D eigenvalue weighted by molar-refractivity contribution is -0.132. The Hall–Kier alpha value is -3.77. The van der Waals surface area contributed by atoms with E-state index >= 15 is 0 Å². The zero-order valence-corrected chi connectivity index (χ0v) is 20.7. The fraction of sp³-hybridized carbons (Fsp3) is 0.214. The summed E-state index contributed by atoms with van der Waals surface area (Å²) in [7, 11) is 1.50. The number of carbonyl (C=O) groups excluding carboxylic acids is 2. The fourth-order valence-electron chi connectivity index (χ4n) is 4.48. The predicted molar refractivity (Wildman–Crippen MR) is 136 cm³/mol. The molecule has 3 aromatic rings. The molecule has 1 aliphatic rings. The first kappa shape index (κ1) is 24.4. The minimum Gasteiger partial charge on any atom is -0.507 e. The van der Waals surface area contributed by atoms with Gasteiger partial charge in [-0.1, -0.05) is 29.8 Å². The number of aliphatic hydroxyl groups excluding tert-OH is 1. The highest BCUT2D eigenvalue weighted by Gasteiger charge is 2.47. The summed E-state index contributed by atoms with van der Waals surface area (Å²) < 4.78 is 11.1. The number of halogens is 1. The molecule has 3 aromatic carbocycles. The van der Waals surface area contributed by atoms with Gasteiger partial charge in [-0.3, -0.25) is 14.5 Å². The van der Waals surface area contributed by atoms with Gasteiger partial charge in [0, 0.05) is 10.7 Å². The van der Waals surface area contributed by atoms with E-state index in [0.717, 1.165) is 11.1 Å². The average Bonchev–Trinajstić information content (AvgIpc) is 3.10. The third kappa shape index (κ3) is 4.49. The summed E-state index contributed by atoms with van der Waals surface area (Å²) >= 11 is 6.06. The van der Waals surface area contributed by atoms with Crippen LogP contribution in [0.25, 0.3) is 5.76 Å². The van der Waals surface area contributed by atoms with Crippen molar-refractivity contribution in [2.24, 2.45) is 0 Å². The molecule has 6 nitrogen and oxygen atoms in total. The molecule has 1 unspecified atom stereocenters. The minimum absolute atomic E-state index is 0.0163. The monoisotopic (exact) mass is 491 g/mol. The van der Waals surface area contributed by atoms with E-state index in [4.69, 9.17) is 21.1 Å². The van der Waals surface area contributed by atoms with Crippen molar-refractivity contribution in [2.45, 2.75) is 26.8 Å². The van der Waals surface area contributed by atoms with Crippen molar-refractivity contribution in [3.63, 3.8) is 0 Å². The van der Waals surface area contributed by atoms with Gasteiger partial charge in [0.2, 0.25) is 0 Å². The van der Waals surface area contributed by atoms with Crippen molar-refractivity contribution in [1.29, 1.82) is 0 Å². The van der Waals surface area contributed by atoms with Crippen molar-refractivity contribution in [2.75, 3.05) is 18.6 Å². The van der Waals surface area contributed by atoms with Gasteiger partial charge in [0.1, 0.15) is 17.3 Å². The number of ketones is 1. The number of rotatable bonds is 6. The lowest BCUT2D eigenvalue weighted by Crippen LogP contribution is -2.29. The summed E-state index contributed by atoms with van der Waals surface area (Å²) in [6, 6.07) is 16.6. The first-order valence-electron chi connectivity index (χ1n) is 11.2. The second-order valence-corrected chi connectivity index (χ2v) is 8.75. The van der Waals surface area contributed by atoms with Crippen LogP contribution in [0.4, 0.5) is 5.69 Å². The maximum atomic E-state index is 13.4. The number of Topliss-reactive ketones (excluding diaryl/α,β-unsaturated/α-hetero) is 1. The second kappa shape index (κ2) is 9.84. The van der Waals surface area contributed by atoms with Gasteiger partial charge in [0.05, 0.1) is 30.9 Å². The number of hydrogen-bond donors (Lipinski definition) is 1. The molecule has 1 heterocycles. The second-order valence-electron chi connectivity index (χ2n) is 8.31. The standard InChI is InChI=1S/C28H26ClNO5/c1-5-35-21-12-6-18(7-13-21)24-23(25(31)22-15-16(2)14-17(3)27(22)34-4)26(32)28(33)30(24)20-10-8-19(29)9-11-20/h6-15,24,31H,5H2,1-4H3/b25-23+. The van der Waals surface area contributed by atoms with Gasteiger partial charge in [0.15, 0.2) is 0 Å². The Morgan fingerprint density at radius 2 is 1.69 bits per heavy atom. The third-order valence-electron chi connectivity index (χ3n) is 5.93. The Kier molecular flexibility index (Phi) is 6.85. The van der Waals surface area contributed by atoms with Crippen LogP contribution >= 0.6 is 11.6 Å². The minimum atomic E-state index is -0.864. The molecule has 7 heteroatoms. The summed E-state index contributed by atoms with van der Waals surface area (Å²) in [6.07, 6.45) is 0. The third-order valence-corrected chi connectivity index (χ3v) is 6.19. The smallest absolute Gasteiger partial charge is 0.300 e. The number of methoxy groups -OCH3 is 1. The van der Waals surface area contributed by atoms with Crippen LogP contribution in [0.5, 0.6) is 11.5 Å². The molecule has 0 aliphatic carbocycles. The summed E-state index contributed by atoms with van der Waals surface area (Å²) in [5, 5.41) is 12.0. The summed E-state index contributed by atoms with van der Waals surface area (Å²) in [5.41, 5.74) is 3.16. The molecule has 1 fully saturated rings. The zero-order valence-electron chi connectivity index (χ0n) is 20.0. The van der Waals surface area contributed by atoms with Crippen LogP contribution < -0.4 is 14.4 Å². The molecule has 0 spiro atoms. The van der Waals surface area contributed by atoms with Gasteiger partial charge in [-0.25, -0.2) is 0 Å². The van der Waals surface area contributed by atoms with Crippen LogP contribution in [0.15, 0.2) is 66.2 Å². The molecule has 1 amide bonds. The topological polar surface area (TPSA) is 76.1 Å². The van der Waals surface area contributed by atoms with E-state index in [1.165, 1.54) is 12.0 Å². The lowest BCUT2D eigenvalue weighted by Gasteiger charge is -2.26. The number of hydrogen-bond acceptors (Lipinski definition) is 5. The Labute approximate surface area is 209 Å². The number of amides is 1. The van der Waals surface area contributed by atoms with Crippen molar-refractivity contribution in [3.05, 3.63) is 93.5 Å². The fourth-order valence-corrected chi connectivity index (χ4v) is 4.60. The van der Waals surface area contributed by atoms with Gasteiger partial charge in [-0.2, -0.15) is 0 Å².